The van der Waals surface area contributed by atoms with Crippen molar-refractivity contribution in [1.29, 1.82) is 0 Å². The SMILES string of the molecule is CCc1nc(-c2ccc(C)c(S(=O)(=O)N3CCC(C(=O)N4CC=C(c5ccccc5)CC4)CC3)c2)no1. The zero-order valence-electron chi connectivity index (χ0n) is 21.3. The number of carbonyl (C=O) groups excluding carboxylic acids is 1. The zero-order valence-corrected chi connectivity index (χ0v) is 22.1. The number of hydrogen-bond acceptors (Lipinski definition) is 6. The molecule has 0 bridgehead atoms. The van der Waals surface area contributed by atoms with Crippen LogP contribution in [-0.4, -0.2) is 59.8 Å². The number of rotatable bonds is 6. The van der Waals surface area contributed by atoms with E-state index >= 15 is 0 Å². The Kier molecular flexibility index (Phi) is 7.26. The number of sulfonamides is 1. The third-order valence-electron chi connectivity index (χ3n) is 7.30. The number of amides is 1. The molecular weight excluding hydrogens is 488 g/mol. The van der Waals surface area contributed by atoms with Crippen LogP contribution in [0, 0.1) is 12.8 Å². The van der Waals surface area contributed by atoms with E-state index in [0.29, 0.717) is 68.3 Å². The Morgan fingerprint density at radius 2 is 1.81 bits per heavy atom. The van der Waals surface area contributed by atoms with Gasteiger partial charge in [0.1, 0.15) is 0 Å². The number of hydrogen-bond donors (Lipinski definition) is 0. The van der Waals surface area contributed by atoms with Gasteiger partial charge in [0.25, 0.3) is 0 Å². The monoisotopic (exact) mass is 520 g/mol. The van der Waals surface area contributed by atoms with Crippen molar-refractivity contribution in [3.8, 4) is 11.4 Å². The van der Waals surface area contributed by atoms with Gasteiger partial charge in [-0.25, -0.2) is 8.42 Å². The van der Waals surface area contributed by atoms with Gasteiger partial charge in [-0.3, -0.25) is 4.79 Å². The maximum absolute atomic E-state index is 13.6. The van der Waals surface area contributed by atoms with E-state index in [0.717, 1.165) is 6.42 Å². The van der Waals surface area contributed by atoms with Gasteiger partial charge in [-0.2, -0.15) is 9.29 Å². The Hall–Kier alpha value is -3.30. The van der Waals surface area contributed by atoms with Gasteiger partial charge in [0.05, 0.1) is 4.90 Å². The molecule has 3 heterocycles. The summed E-state index contributed by atoms with van der Waals surface area (Å²) >= 11 is 0. The highest BCUT2D eigenvalue weighted by molar-refractivity contribution is 7.89. The van der Waals surface area contributed by atoms with Gasteiger partial charge in [-0.05, 0) is 49.0 Å². The first-order valence-corrected chi connectivity index (χ1v) is 14.3. The van der Waals surface area contributed by atoms with Crippen molar-refractivity contribution in [3.05, 3.63) is 71.6 Å². The first-order valence-electron chi connectivity index (χ1n) is 12.8. The molecule has 194 valence electrons. The van der Waals surface area contributed by atoms with E-state index in [1.165, 1.54) is 15.4 Å². The normalized spacial score (nSPS) is 17.6. The second-order valence-electron chi connectivity index (χ2n) is 9.65. The van der Waals surface area contributed by atoms with E-state index in [9.17, 15) is 13.2 Å². The lowest BCUT2D eigenvalue weighted by molar-refractivity contribution is -0.136. The Labute approximate surface area is 218 Å². The Morgan fingerprint density at radius 1 is 1.05 bits per heavy atom. The molecule has 2 aromatic carbocycles. The average Bonchev–Trinajstić information content (AvgIpc) is 3.43. The Bertz CT molecular complexity index is 1410. The largest absolute Gasteiger partial charge is 0.339 e. The predicted octanol–water partition coefficient (Wildman–Crippen LogP) is 4.32. The molecule has 1 aromatic heterocycles. The van der Waals surface area contributed by atoms with E-state index in [1.807, 2.05) is 30.0 Å². The van der Waals surface area contributed by atoms with Crippen LogP contribution in [0.15, 0.2) is 64.0 Å². The van der Waals surface area contributed by atoms with Crippen LogP contribution in [0.5, 0.6) is 0 Å². The number of aryl methyl sites for hydroxylation is 2. The maximum Gasteiger partial charge on any atom is 0.243 e. The van der Waals surface area contributed by atoms with Crippen LogP contribution >= 0.6 is 0 Å². The summed E-state index contributed by atoms with van der Waals surface area (Å²) in [4.78, 5) is 19.7. The van der Waals surface area contributed by atoms with E-state index in [2.05, 4.69) is 28.3 Å². The van der Waals surface area contributed by atoms with Crippen molar-refractivity contribution in [3.63, 3.8) is 0 Å². The molecule has 0 saturated carbocycles. The topological polar surface area (TPSA) is 96.6 Å². The molecule has 8 nitrogen and oxygen atoms in total. The quantitative estimate of drug-likeness (QED) is 0.480. The number of nitrogens with zero attached hydrogens (tertiary/aromatic N) is 4. The van der Waals surface area contributed by atoms with Crippen molar-refractivity contribution in [1.82, 2.24) is 19.3 Å². The van der Waals surface area contributed by atoms with Crippen LogP contribution in [0.25, 0.3) is 17.0 Å². The first-order chi connectivity index (χ1) is 17.9. The summed E-state index contributed by atoms with van der Waals surface area (Å²) in [6, 6.07) is 15.5. The fourth-order valence-corrected chi connectivity index (χ4v) is 6.78. The molecule has 5 rings (SSSR count). The van der Waals surface area contributed by atoms with Gasteiger partial charge in [-0.15, -0.1) is 0 Å². The number of benzene rings is 2. The van der Waals surface area contributed by atoms with Gasteiger partial charge in [0, 0.05) is 44.1 Å². The molecule has 1 saturated heterocycles. The fourth-order valence-electron chi connectivity index (χ4n) is 5.06. The molecule has 0 unspecified atom stereocenters. The summed E-state index contributed by atoms with van der Waals surface area (Å²) in [6.45, 7) is 5.64. The molecule has 0 atom stereocenters. The van der Waals surface area contributed by atoms with Crippen molar-refractivity contribution in [2.75, 3.05) is 26.2 Å². The summed E-state index contributed by atoms with van der Waals surface area (Å²) in [5, 5.41) is 3.98. The second-order valence-corrected chi connectivity index (χ2v) is 11.6. The van der Waals surface area contributed by atoms with Gasteiger partial charge in [0.15, 0.2) is 0 Å². The highest BCUT2D eigenvalue weighted by atomic mass is 32.2. The summed E-state index contributed by atoms with van der Waals surface area (Å²) in [5.41, 5.74) is 3.74. The standard InChI is InChI=1S/C28H32N4O4S/c1-3-26-29-27(30-36-26)24-10-9-20(2)25(19-24)37(34,35)32-17-13-23(14-18-32)28(33)31-15-11-22(12-16-31)21-7-5-4-6-8-21/h4-11,19,23H,3,12-18H2,1-2H3. The predicted molar refractivity (Wildman–Crippen MR) is 141 cm³/mol. The molecule has 2 aliphatic heterocycles. The third kappa shape index (κ3) is 5.24. The zero-order chi connectivity index (χ0) is 26.0. The van der Waals surface area contributed by atoms with Gasteiger partial charge < -0.3 is 9.42 Å². The lowest BCUT2D eigenvalue weighted by Crippen LogP contribution is -2.45. The molecule has 1 fully saturated rings. The third-order valence-corrected chi connectivity index (χ3v) is 9.34. The lowest BCUT2D eigenvalue weighted by Gasteiger charge is -2.35. The molecule has 0 aliphatic carbocycles. The first kappa shape index (κ1) is 25.4. The fraction of sp³-hybridized carbons (Fsp3) is 0.393. The average molecular weight is 521 g/mol. The van der Waals surface area contributed by atoms with E-state index in [-0.39, 0.29) is 16.7 Å². The van der Waals surface area contributed by atoms with Gasteiger partial charge >= 0.3 is 0 Å². The minimum absolute atomic E-state index is 0.127. The number of aromatic nitrogens is 2. The minimum Gasteiger partial charge on any atom is -0.339 e. The Balaban J connectivity index is 1.24. The van der Waals surface area contributed by atoms with E-state index < -0.39 is 10.0 Å². The molecule has 0 N–H and O–H groups in total. The van der Waals surface area contributed by atoms with Crippen molar-refractivity contribution < 1.29 is 17.7 Å². The van der Waals surface area contributed by atoms with E-state index in [1.54, 1.807) is 25.1 Å². The Morgan fingerprint density at radius 3 is 2.46 bits per heavy atom. The summed E-state index contributed by atoms with van der Waals surface area (Å²) in [5.74, 6) is 0.857. The highest BCUT2D eigenvalue weighted by Gasteiger charge is 2.35. The summed E-state index contributed by atoms with van der Waals surface area (Å²) < 4.78 is 33.8. The molecule has 3 aromatic rings. The molecule has 0 radical (unpaired) electrons. The number of carbonyl (C=O) groups is 1. The van der Waals surface area contributed by atoms with Gasteiger partial charge in [-0.1, -0.05) is 60.6 Å². The number of piperidine rings is 1. The van der Waals surface area contributed by atoms with Crippen LogP contribution in [-0.2, 0) is 21.2 Å². The second kappa shape index (κ2) is 10.6. The smallest absolute Gasteiger partial charge is 0.243 e. The van der Waals surface area contributed by atoms with Crippen LogP contribution in [0.4, 0.5) is 0 Å². The van der Waals surface area contributed by atoms with Crippen molar-refractivity contribution >= 4 is 21.5 Å². The van der Waals surface area contributed by atoms with Gasteiger partial charge in [0.2, 0.25) is 27.6 Å². The molecular formula is C28H32N4O4S. The van der Waals surface area contributed by atoms with E-state index in [4.69, 9.17) is 4.52 Å². The van der Waals surface area contributed by atoms with Crippen molar-refractivity contribution in [2.45, 2.75) is 44.4 Å². The van der Waals surface area contributed by atoms with Crippen molar-refractivity contribution in [2.24, 2.45) is 5.92 Å². The molecule has 37 heavy (non-hydrogen) atoms. The molecule has 2 aliphatic rings. The minimum atomic E-state index is -3.72. The lowest BCUT2D eigenvalue weighted by atomic mass is 9.94. The van der Waals surface area contributed by atoms with Crippen LogP contribution < -0.4 is 0 Å². The molecule has 0 spiro atoms. The highest BCUT2D eigenvalue weighted by Crippen LogP contribution is 2.30. The summed E-state index contributed by atoms with van der Waals surface area (Å²) in [7, 11) is -3.72. The molecule has 1 amide bonds. The van der Waals surface area contributed by atoms with Crippen LogP contribution in [0.1, 0.15) is 43.2 Å². The van der Waals surface area contributed by atoms with Crippen LogP contribution in [0.3, 0.4) is 0 Å². The summed E-state index contributed by atoms with van der Waals surface area (Å²) in [6.07, 6.45) is 4.62. The molecule has 9 heteroatoms. The van der Waals surface area contributed by atoms with Crippen LogP contribution in [0.2, 0.25) is 0 Å². The maximum atomic E-state index is 13.6.